The van der Waals surface area contributed by atoms with Crippen LogP contribution in [0, 0.1) is 0 Å². The number of benzene rings is 1. The first-order valence-electron chi connectivity index (χ1n) is 8.21. The van der Waals surface area contributed by atoms with Crippen LogP contribution in [-0.2, 0) is 20.7 Å². The second-order valence-corrected chi connectivity index (χ2v) is 10.3. The first kappa shape index (κ1) is 17.7. The molecule has 0 radical (unpaired) electrons. The van der Waals surface area contributed by atoms with Crippen molar-refractivity contribution >= 4 is 16.0 Å². The molecule has 0 fully saturated rings. The zero-order chi connectivity index (χ0) is 18.8. The number of hydrogen-bond donors (Lipinski definition) is 1. The molecule has 0 saturated heterocycles. The van der Waals surface area contributed by atoms with Gasteiger partial charge in [0.15, 0.2) is 0 Å². The average Bonchev–Trinajstić information content (AvgIpc) is 2.98. The third-order valence-corrected chi connectivity index (χ3v) is 5.67. The van der Waals surface area contributed by atoms with Gasteiger partial charge in [-0.15, -0.1) is 0 Å². The summed E-state index contributed by atoms with van der Waals surface area (Å²) in [4.78, 5) is 4.32. The Labute approximate surface area is 149 Å². The van der Waals surface area contributed by atoms with Gasteiger partial charge in [0.1, 0.15) is 5.75 Å². The number of imidazole rings is 1. The molecule has 0 saturated carbocycles. The number of phenolic OH excluding ortho intramolecular Hbond substituents is 1. The van der Waals surface area contributed by atoms with Crippen LogP contribution in [0.4, 0.5) is 0 Å². The second-order valence-electron chi connectivity index (χ2n) is 8.57. The normalized spacial score (nSPS) is 16.2. The maximum absolute atomic E-state index is 12.0. The van der Waals surface area contributed by atoms with E-state index in [0.717, 1.165) is 22.1 Å². The van der Waals surface area contributed by atoms with Gasteiger partial charge in [0.25, 0.3) is 0 Å². The first-order chi connectivity index (χ1) is 11.3. The van der Waals surface area contributed by atoms with Crippen molar-refractivity contribution in [1.82, 2.24) is 9.55 Å². The molecule has 1 aliphatic rings. The maximum Gasteiger partial charge on any atom is 0.236 e. The summed E-state index contributed by atoms with van der Waals surface area (Å²) in [5, 5.41) is 12.0. The number of nitrogens with zero attached hydrogens (tertiary/aromatic N) is 2. The minimum atomic E-state index is -3.46. The molecule has 2 aromatic rings. The van der Waals surface area contributed by atoms with E-state index in [1.54, 1.807) is 6.20 Å². The van der Waals surface area contributed by atoms with E-state index in [0.29, 0.717) is 11.4 Å². The van der Waals surface area contributed by atoms with E-state index >= 15 is 0 Å². The average molecular weight is 360 g/mol. The fraction of sp³-hybridized carbons (Fsp3) is 0.421. The molecule has 25 heavy (non-hydrogen) atoms. The van der Waals surface area contributed by atoms with Crippen LogP contribution in [0.3, 0.4) is 0 Å². The Balaban J connectivity index is 2.26. The number of aromatic hydroxyl groups is 1. The Hall–Kier alpha value is -2.08. The van der Waals surface area contributed by atoms with Crippen LogP contribution < -0.4 is 0 Å². The van der Waals surface area contributed by atoms with Crippen molar-refractivity contribution in [3.63, 3.8) is 0 Å². The number of aromatic nitrogens is 2. The second kappa shape index (κ2) is 5.21. The largest absolute Gasteiger partial charge is 0.507 e. The van der Waals surface area contributed by atoms with Crippen molar-refractivity contribution < 1.29 is 13.5 Å². The molecule has 0 aliphatic carbocycles. The van der Waals surface area contributed by atoms with Gasteiger partial charge in [-0.1, -0.05) is 41.5 Å². The summed E-state index contributed by atoms with van der Waals surface area (Å²) >= 11 is 0. The van der Waals surface area contributed by atoms with Gasteiger partial charge in [-0.2, -0.15) is 0 Å². The van der Waals surface area contributed by atoms with E-state index in [9.17, 15) is 13.5 Å². The Bertz CT molecular complexity index is 950. The summed E-state index contributed by atoms with van der Waals surface area (Å²) in [6.45, 7) is 12.2. The SMILES string of the molecule is CC(C)(C)c1cc(-c2cn3c(n2)S(=O)(=O)C=C3)cc(C(C)(C)C)c1O. The number of hydrogen-bond acceptors (Lipinski definition) is 4. The van der Waals surface area contributed by atoms with Crippen LogP contribution in [0.15, 0.2) is 28.9 Å². The van der Waals surface area contributed by atoms with E-state index in [4.69, 9.17) is 0 Å². The highest BCUT2D eigenvalue weighted by Crippen LogP contribution is 2.42. The molecule has 2 heterocycles. The van der Waals surface area contributed by atoms with E-state index in [1.807, 2.05) is 53.7 Å². The standard InChI is InChI=1S/C19H24N2O3S/c1-18(2,3)13-9-12(10-14(16(13)22)19(4,5)6)15-11-21-7-8-25(23,24)17(21)20-15/h7-11,22H,1-6H3. The summed E-state index contributed by atoms with van der Waals surface area (Å²) < 4.78 is 25.5. The Morgan fingerprint density at radius 1 is 1.00 bits per heavy atom. The van der Waals surface area contributed by atoms with E-state index in [-0.39, 0.29) is 16.0 Å². The number of phenols is 1. The van der Waals surface area contributed by atoms with Gasteiger partial charge in [0.2, 0.25) is 15.0 Å². The van der Waals surface area contributed by atoms with Crippen LogP contribution in [-0.4, -0.2) is 23.1 Å². The number of sulfone groups is 1. The maximum atomic E-state index is 12.0. The van der Waals surface area contributed by atoms with Gasteiger partial charge < -0.3 is 5.11 Å². The van der Waals surface area contributed by atoms with Crippen molar-refractivity contribution in [2.24, 2.45) is 0 Å². The summed E-state index contributed by atoms with van der Waals surface area (Å²) in [5.41, 5.74) is 2.52. The molecule has 0 bridgehead atoms. The van der Waals surface area contributed by atoms with Crippen LogP contribution in [0.5, 0.6) is 5.75 Å². The molecular weight excluding hydrogens is 336 g/mol. The molecule has 0 unspecified atom stereocenters. The minimum Gasteiger partial charge on any atom is -0.507 e. The lowest BCUT2D eigenvalue weighted by molar-refractivity contribution is 0.423. The van der Waals surface area contributed by atoms with Crippen molar-refractivity contribution in [1.29, 1.82) is 0 Å². The number of rotatable bonds is 1. The zero-order valence-corrected chi connectivity index (χ0v) is 16.3. The van der Waals surface area contributed by atoms with Gasteiger partial charge in [-0.25, -0.2) is 13.4 Å². The molecule has 0 spiro atoms. The molecule has 1 aromatic heterocycles. The quantitative estimate of drug-likeness (QED) is 0.832. The third kappa shape index (κ3) is 2.99. The molecule has 1 N–H and O–H groups in total. The van der Waals surface area contributed by atoms with Gasteiger partial charge in [-0.05, 0) is 23.0 Å². The van der Waals surface area contributed by atoms with Crippen molar-refractivity contribution in [2.45, 2.75) is 57.5 Å². The highest BCUT2D eigenvalue weighted by Gasteiger charge is 2.29. The predicted molar refractivity (Wildman–Crippen MR) is 99.2 cm³/mol. The summed E-state index contributed by atoms with van der Waals surface area (Å²) in [6, 6.07) is 3.80. The lowest BCUT2D eigenvalue weighted by Crippen LogP contribution is -2.17. The Morgan fingerprint density at radius 2 is 1.52 bits per heavy atom. The van der Waals surface area contributed by atoms with Crippen LogP contribution in [0.25, 0.3) is 17.5 Å². The lowest BCUT2D eigenvalue weighted by atomic mass is 9.78. The van der Waals surface area contributed by atoms with E-state index in [1.165, 1.54) is 10.8 Å². The summed E-state index contributed by atoms with van der Waals surface area (Å²) in [6.07, 6.45) is 3.21. The summed E-state index contributed by atoms with van der Waals surface area (Å²) in [5.74, 6) is 0.294. The minimum absolute atomic E-state index is 0.0326. The topological polar surface area (TPSA) is 72.2 Å². The van der Waals surface area contributed by atoms with Gasteiger partial charge in [0.05, 0.1) is 11.1 Å². The predicted octanol–water partition coefficient (Wildman–Crippen LogP) is 4.07. The van der Waals surface area contributed by atoms with Gasteiger partial charge >= 0.3 is 0 Å². The van der Waals surface area contributed by atoms with Crippen molar-refractivity contribution in [3.05, 3.63) is 34.9 Å². The molecule has 6 heteroatoms. The lowest BCUT2D eigenvalue weighted by Gasteiger charge is -2.28. The number of fused-ring (bicyclic) bond motifs is 1. The van der Waals surface area contributed by atoms with Gasteiger partial charge in [-0.3, -0.25) is 4.57 Å². The fourth-order valence-electron chi connectivity index (χ4n) is 2.97. The Kier molecular flexibility index (Phi) is 3.69. The summed E-state index contributed by atoms with van der Waals surface area (Å²) in [7, 11) is -3.46. The Morgan fingerprint density at radius 3 is 1.96 bits per heavy atom. The monoisotopic (exact) mass is 360 g/mol. The molecule has 5 nitrogen and oxygen atoms in total. The fourth-order valence-corrected chi connectivity index (χ4v) is 4.01. The highest BCUT2D eigenvalue weighted by molar-refractivity contribution is 7.94. The molecule has 1 aromatic carbocycles. The zero-order valence-electron chi connectivity index (χ0n) is 15.5. The van der Waals surface area contributed by atoms with Crippen LogP contribution in [0.1, 0.15) is 52.7 Å². The molecule has 1 aliphatic heterocycles. The van der Waals surface area contributed by atoms with Gasteiger partial charge in [0, 0.05) is 29.1 Å². The molecule has 0 amide bonds. The smallest absolute Gasteiger partial charge is 0.236 e. The van der Waals surface area contributed by atoms with E-state index in [2.05, 4.69) is 4.98 Å². The highest BCUT2D eigenvalue weighted by atomic mass is 32.2. The van der Waals surface area contributed by atoms with Crippen molar-refractivity contribution in [2.75, 3.05) is 0 Å². The molecule has 0 atom stereocenters. The third-order valence-electron chi connectivity index (χ3n) is 4.38. The molecule has 134 valence electrons. The first-order valence-corrected chi connectivity index (χ1v) is 9.76. The molecule has 3 rings (SSSR count). The van der Waals surface area contributed by atoms with Crippen LogP contribution >= 0.6 is 0 Å². The van der Waals surface area contributed by atoms with E-state index < -0.39 is 9.84 Å². The van der Waals surface area contributed by atoms with Crippen molar-refractivity contribution in [3.8, 4) is 17.0 Å². The molecular formula is C19H24N2O3S. The van der Waals surface area contributed by atoms with Crippen LogP contribution in [0.2, 0.25) is 0 Å².